The lowest BCUT2D eigenvalue weighted by molar-refractivity contribution is -0.137. The molecular weight excluding hydrogens is 302 g/mol. The van der Waals surface area contributed by atoms with Crippen molar-refractivity contribution >= 4 is 17.2 Å². The van der Waals surface area contributed by atoms with E-state index >= 15 is 0 Å². The average Bonchev–Trinajstić information content (AvgIpc) is 3.18. The van der Waals surface area contributed by atoms with Crippen molar-refractivity contribution in [3.8, 4) is 10.7 Å². The summed E-state index contributed by atoms with van der Waals surface area (Å²) in [6.07, 6.45) is 2.08. The Morgan fingerprint density at radius 3 is 3.23 bits per heavy atom. The predicted octanol–water partition coefficient (Wildman–Crippen LogP) is 1.29. The van der Waals surface area contributed by atoms with E-state index in [1.165, 1.54) is 0 Å². The maximum Gasteiger partial charge on any atom is 0.248 e. The van der Waals surface area contributed by atoms with Gasteiger partial charge in [-0.25, -0.2) is 0 Å². The number of nitrogens with zero attached hydrogens (tertiary/aromatic N) is 5. The fraction of sp³-hybridized carbons (Fsp3) is 0.571. The summed E-state index contributed by atoms with van der Waals surface area (Å²) in [4.78, 5) is 16.4. The van der Waals surface area contributed by atoms with Crippen LogP contribution in [-0.2, 0) is 16.1 Å². The molecule has 1 aliphatic heterocycles. The summed E-state index contributed by atoms with van der Waals surface area (Å²) in [5.74, 6) is 1.08. The second-order valence-electron chi connectivity index (χ2n) is 5.43. The molecule has 1 aliphatic rings. The van der Waals surface area contributed by atoms with Crippen LogP contribution in [0.2, 0.25) is 0 Å². The molecule has 22 heavy (non-hydrogen) atoms. The van der Waals surface area contributed by atoms with Crippen LogP contribution in [0.1, 0.15) is 12.8 Å². The van der Waals surface area contributed by atoms with Crippen molar-refractivity contribution in [3.05, 3.63) is 17.5 Å². The van der Waals surface area contributed by atoms with Gasteiger partial charge in [0.05, 0.1) is 11.4 Å². The Kier molecular flexibility index (Phi) is 4.79. The molecule has 8 heteroatoms. The molecule has 1 amide bonds. The van der Waals surface area contributed by atoms with Crippen LogP contribution in [-0.4, -0.2) is 57.8 Å². The van der Waals surface area contributed by atoms with E-state index < -0.39 is 0 Å². The number of methoxy groups -OCH3 is 1. The monoisotopic (exact) mass is 321 g/mol. The minimum atomic E-state index is 0.0537. The molecule has 0 spiro atoms. The zero-order valence-corrected chi connectivity index (χ0v) is 13.3. The van der Waals surface area contributed by atoms with Crippen LogP contribution in [0.5, 0.6) is 0 Å². The van der Waals surface area contributed by atoms with E-state index in [4.69, 9.17) is 4.74 Å². The normalized spacial score (nSPS) is 18.6. The number of hydrogen-bond acceptors (Lipinski definition) is 6. The van der Waals surface area contributed by atoms with Gasteiger partial charge in [-0.05, 0) is 35.4 Å². The number of piperidine rings is 1. The van der Waals surface area contributed by atoms with Crippen molar-refractivity contribution in [1.82, 2.24) is 25.1 Å². The third kappa shape index (κ3) is 3.50. The summed E-state index contributed by atoms with van der Waals surface area (Å²) in [7, 11) is 1.55. The molecule has 1 saturated heterocycles. The molecular formula is C14H19N5O2S. The molecule has 0 saturated carbocycles. The largest absolute Gasteiger partial charge is 0.375 e. The number of thiophene rings is 1. The fourth-order valence-electron chi connectivity index (χ4n) is 2.71. The summed E-state index contributed by atoms with van der Waals surface area (Å²) < 4.78 is 4.93. The van der Waals surface area contributed by atoms with E-state index in [0.29, 0.717) is 18.3 Å². The maximum absolute atomic E-state index is 11.9. The molecule has 0 bridgehead atoms. The SMILES string of the molecule is COCC(=O)N1CCC[C@H](Cn2nnc(-c3cccs3)n2)C1. The standard InChI is InChI=1S/C14H19N5O2S/c1-21-10-13(20)18-6-2-4-11(8-18)9-19-16-14(15-17-19)12-5-3-7-22-12/h3,5,7,11H,2,4,6,8-10H2,1H3/t11-/m0/s1. The van der Waals surface area contributed by atoms with E-state index in [9.17, 15) is 4.79 Å². The van der Waals surface area contributed by atoms with Crippen molar-refractivity contribution in [2.45, 2.75) is 19.4 Å². The summed E-state index contributed by atoms with van der Waals surface area (Å²) in [5.41, 5.74) is 0. The van der Waals surface area contributed by atoms with Crippen LogP contribution < -0.4 is 0 Å². The molecule has 3 heterocycles. The summed E-state index contributed by atoms with van der Waals surface area (Å²) in [6, 6.07) is 3.96. The highest BCUT2D eigenvalue weighted by Crippen LogP contribution is 2.21. The van der Waals surface area contributed by atoms with Gasteiger partial charge in [0, 0.05) is 20.2 Å². The van der Waals surface area contributed by atoms with Crippen molar-refractivity contribution < 1.29 is 9.53 Å². The first kappa shape index (κ1) is 15.1. The number of carbonyl (C=O) groups is 1. The van der Waals surface area contributed by atoms with Gasteiger partial charge >= 0.3 is 0 Å². The molecule has 7 nitrogen and oxygen atoms in total. The van der Waals surface area contributed by atoms with Crippen LogP contribution in [0.4, 0.5) is 0 Å². The molecule has 0 radical (unpaired) electrons. The van der Waals surface area contributed by atoms with Gasteiger partial charge in [0.25, 0.3) is 0 Å². The first-order valence-electron chi connectivity index (χ1n) is 7.34. The maximum atomic E-state index is 11.9. The zero-order valence-electron chi connectivity index (χ0n) is 12.5. The number of likely N-dealkylation sites (tertiary alicyclic amines) is 1. The number of ether oxygens (including phenoxy) is 1. The zero-order chi connectivity index (χ0) is 15.4. The highest BCUT2D eigenvalue weighted by atomic mass is 32.1. The molecule has 0 unspecified atom stereocenters. The Labute approximate surface area is 132 Å². The molecule has 2 aromatic rings. The van der Waals surface area contributed by atoms with Gasteiger partial charge in [0.1, 0.15) is 6.61 Å². The molecule has 0 aromatic carbocycles. The highest BCUT2D eigenvalue weighted by molar-refractivity contribution is 7.13. The molecule has 0 aliphatic carbocycles. The Morgan fingerprint density at radius 2 is 2.45 bits per heavy atom. The molecule has 1 fully saturated rings. The Hall–Kier alpha value is -1.80. The van der Waals surface area contributed by atoms with E-state index in [1.807, 2.05) is 22.4 Å². The lowest BCUT2D eigenvalue weighted by atomic mass is 9.98. The van der Waals surface area contributed by atoms with E-state index in [1.54, 1.807) is 23.2 Å². The smallest absolute Gasteiger partial charge is 0.248 e. The van der Waals surface area contributed by atoms with Crippen LogP contribution in [0.25, 0.3) is 10.7 Å². The second-order valence-corrected chi connectivity index (χ2v) is 6.37. The summed E-state index contributed by atoms with van der Waals surface area (Å²) in [6.45, 7) is 2.38. The number of rotatable bonds is 5. The molecule has 3 rings (SSSR count). The number of tetrazole rings is 1. The fourth-order valence-corrected chi connectivity index (χ4v) is 3.36. The van der Waals surface area contributed by atoms with Gasteiger partial charge in [-0.3, -0.25) is 4.79 Å². The lowest BCUT2D eigenvalue weighted by Gasteiger charge is -2.32. The Bertz CT molecular complexity index is 613. The van der Waals surface area contributed by atoms with Gasteiger partial charge in [-0.2, -0.15) is 4.80 Å². The van der Waals surface area contributed by atoms with Crippen molar-refractivity contribution in [2.24, 2.45) is 5.92 Å². The first-order valence-corrected chi connectivity index (χ1v) is 8.22. The quantitative estimate of drug-likeness (QED) is 0.829. The second kappa shape index (κ2) is 6.97. The van der Waals surface area contributed by atoms with E-state index in [2.05, 4.69) is 15.4 Å². The summed E-state index contributed by atoms with van der Waals surface area (Å²) in [5, 5.41) is 14.7. The van der Waals surface area contributed by atoms with Crippen molar-refractivity contribution in [2.75, 3.05) is 26.8 Å². The van der Waals surface area contributed by atoms with Gasteiger partial charge in [-0.1, -0.05) is 6.07 Å². The molecule has 1 atom stereocenters. The highest BCUT2D eigenvalue weighted by Gasteiger charge is 2.24. The Morgan fingerprint density at radius 1 is 1.55 bits per heavy atom. The van der Waals surface area contributed by atoms with Gasteiger partial charge in [-0.15, -0.1) is 21.5 Å². The molecule has 0 N–H and O–H groups in total. The third-order valence-electron chi connectivity index (χ3n) is 3.76. The van der Waals surface area contributed by atoms with Crippen LogP contribution >= 0.6 is 11.3 Å². The van der Waals surface area contributed by atoms with Crippen molar-refractivity contribution in [3.63, 3.8) is 0 Å². The topological polar surface area (TPSA) is 73.1 Å². The molecule has 2 aromatic heterocycles. The number of amides is 1. The predicted molar refractivity (Wildman–Crippen MR) is 82.3 cm³/mol. The first-order chi connectivity index (χ1) is 10.8. The molecule has 118 valence electrons. The van der Waals surface area contributed by atoms with Gasteiger partial charge in [0.15, 0.2) is 0 Å². The average molecular weight is 321 g/mol. The van der Waals surface area contributed by atoms with Gasteiger partial charge in [0.2, 0.25) is 11.7 Å². The third-order valence-corrected chi connectivity index (χ3v) is 4.62. The van der Waals surface area contributed by atoms with Crippen LogP contribution in [0.15, 0.2) is 17.5 Å². The van der Waals surface area contributed by atoms with E-state index in [-0.39, 0.29) is 12.5 Å². The Balaban J connectivity index is 1.60. The number of aromatic nitrogens is 4. The van der Waals surface area contributed by atoms with Crippen molar-refractivity contribution in [1.29, 1.82) is 0 Å². The minimum Gasteiger partial charge on any atom is -0.375 e. The number of hydrogen-bond donors (Lipinski definition) is 0. The minimum absolute atomic E-state index is 0.0537. The van der Waals surface area contributed by atoms with Gasteiger partial charge < -0.3 is 9.64 Å². The van der Waals surface area contributed by atoms with E-state index in [0.717, 1.165) is 30.8 Å². The van der Waals surface area contributed by atoms with Crippen LogP contribution in [0.3, 0.4) is 0 Å². The summed E-state index contributed by atoms with van der Waals surface area (Å²) >= 11 is 1.60. The number of carbonyl (C=O) groups excluding carboxylic acids is 1. The van der Waals surface area contributed by atoms with Crippen LogP contribution in [0, 0.1) is 5.92 Å². The lowest BCUT2D eigenvalue weighted by Crippen LogP contribution is -2.42.